The highest BCUT2D eigenvalue weighted by atomic mass is 79.9. The predicted octanol–water partition coefficient (Wildman–Crippen LogP) is 5.42. The third-order valence-electron chi connectivity index (χ3n) is 3.79. The molecule has 24 heavy (non-hydrogen) atoms. The molecule has 1 saturated carbocycles. The lowest BCUT2D eigenvalue weighted by Gasteiger charge is -2.14. The van der Waals surface area contributed by atoms with Crippen molar-refractivity contribution in [1.82, 2.24) is 0 Å². The van der Waals surface area contributed by atoms with Gasteiger partial charge in [0.25, 0.3) is 0 Å². The smallest absolute Gasteiger partial charge is 0.161 e. The molecular formula is C19H20BrFO3. The fourth-order valence-electron chi connectivity index (χ4n) is 2.49. The van der Waals surface area contributed by atoms with Gasteiger partial charge in [-0.15, -0.1) is 0 Å². The molecule has 0 amide bonds. The zero-order chi connectivity index (χ0) is 17.5. The van der Waals surface area contributed by atoms with Gasteiger partial charge in [0, 0.05) is 5.56 Å². The summed E-state index contributed by atoms with van der Waals surface area (Å²) in [5.74, 6) is 0.319. The molecule has 0 atom stereocenters. The summed E-state index contributed by atoms with van der Waals surface area (Å²) in [5.41, 5.74) is 1.52. The molecular weight excluding hydrogens is 375 g/mol. The first kappa shape index (κ1) is 18.5. The van der Waals surface area contributed by atoms with Gasteiger partial charge in [-0.1, -0.05) is 6.07 Å². The first-order valence-corrected chi connectivity index (χ1v) is 8.65. The summed E-state index contributed by atoms with van der Waals surface area (Å²) in [6, 6.07) is 9.65. The third-order valence-corrected chi connectivity index (χ3v) is 4.40. The van der Waals surface area contributed by atoms with E-state index in [2.05, 4.69) is 15.9 Å². The Hall–Kier alpha value is -1.88. The van der Waals surface area contributed by atoms with Crippen molar-refractivity contribution in [3.8, 4) is 11.5 Å². The Morgan fingerprint density at radius 2 is 1.92 bits per heavy atom. The van der Waals surface area contributed by atoms with Gasteiger partial charge in [-0.05, 0) is 84.4 Å². The molecule has 2 aromatic rings. The van der Waals surface area contributed by atoms with Gasteiger partial charge in [-0.3, -0.25) is 4.79 Å². The van der Waals surface area contributed by atoms with Crippen LogP contribution in [0.3, 0.4) is 0 Å². The van der Waals surface area contributed by atoms with Gasteiger partial charge in [0.1, 0.15) is 12.1 Å². The molecule has 2 aromatic carbocycles. The van der Waals surface area contributed by atoms with Crippen LogP contribution in [0.25, 0.3) is 0 Å². The highest BCUT2D eigenvalue weighted by Crippen LogP contribution is 2.31. The minimum Gasteiger partial charge on any atom is -0.504 e. The molecule has 1 aliphatic carbocycles. The van der Waals surface area contributed by atoms with E-state index in [1.165, 1.54) is 25.0 Å². The maximum atomic E-state index is 12.5. The molecule has 0 aliphatic heterocycles. The van der Waals surface area contributed by atoms with E-state index in [4.69, 9.17) is 4.74 Å². The third kappa shape index (κ3) is 5.34. The van der Waals surface area contributed by atoms with Crippen LogP contribution in [0.1, 0.15) is 41.6 Å². The van der Waals surface area contributed by atoms with E-state index in [9.17, 15) is 14.3 Å². The average molecular weight is 395 g/mol. The normalized spacial score (nSPS) is 14.0. The van der Waals surface area contributed by atoms with Crippen LogP contribution in [0.15, 0.2) is 40.9 Å². The predicted molar refractivity (Wildman–Crippen MR) is 95.2 cm³/mol. The minimum absolute atomic E-state index is 0.0477. The van der Waals surface area contributed by atoms with Gasteiger partial charge in [0.2, 0.25) is 0 Å². The lowest BCUT2D eigenvalue weighted by molar-refractivity contribution is 0.112. The van der Waals surface area contributed by atoms with Gasteiger partial charge >= 0.3 is 0 Å². The fourth-order valence-corrected chi connectivity index (χ4v) is 2.99. The number of halogens is 2. The van der Waals surface area contributed by atoms with Crippen molar-refractivity contribution in [2.75, 3.05) is 0 Å². The van der Waals surface area contributed by atoms with E-state index in [1.807, 2.05) is 6.92 Å². The second-order valence-electron chi connectivity index (χ2n) is 5.79. The van der Waals surface area contributed by atoms with E-state index in [0.29, 0.717) is 22.1 Å². The molecule has 0 radical (unpaired) electrons. The van der Waals surface area contributed by atoms with E-state index in [0.717, 1.165) is 18.4 Å². The van der Waals surface area contributed by atoms with Crippen molar-refractivity contribution < 1.29 is 19.0 Å². The molecule has 1 fully saturated rings. The first-order valence-electron chi connectivity index (χ1n) is 7.86. The van der Waals surface area contributed by atoms with E-state index in [-0.39, 0.29) is 17.7 Å². The maximum absolute atomic E-state index is 12.5. The molecule has 3 nitrogen and oxygen atoms in total. The number of phenolic OH excluding ortho intramolecular Hbond substituents is 1. The topological polar surface area (TPSA) is 46.5 Å². The summed E-state index contributed by atoms with van der Waals surface area (Å²) >= 11 is 3.07. The summed E-state index contributed by atoms with van der Waals surface area (Å²) < 4.78 is 18.6. The highest BCUT2D eigenvalue weighted by Gasteiger charge is 2.17. The number of benzene rings is 2. The average Bonchev–Trinajstić information content (AvgIpc) is 3.07. The molecule has 0 spiro atoms. The summed E-state index contributed by atoms with van der Waals surface area (Å²) in [6.45, 7) is 1.92. The number of hydrogen-bond donors (Lipinski definition) is 1. The standard InChI is InChI=1S/C12H14O3.C7H6BrF/c13-8-9-5-6-12(11(14)7-9)15-10-3-1-2-4-10;1-5-2-3-7(9)6(8)4-5/h5-8,10,14H,1-4H2;2-4H,1H3. The molecule has 3 rings (SSSR count). The Kier molecular flexibility index (Phi) is 6.79. The van der Waals surface area contributed by atoms with Crippen LogP contribution in [0, 0.1) is 12.7 Å². The molecule has 0 bridgehead atoms. The number of carbonyl (C=O) groups excluding carboxylic acids is 1. The van der Waals surface area contributed by atoms with Gasteiger partial charge in [0.15, 0.2) is 11.5 Å². The fraction of sp³-hybridized carbons (Fsp3) is 0.316. The highest BCUT2D eigenvalue weighted by molar-refractivity contribution is 9.10. The van der Waals surface area contributed by atoms with Gasteiger partial charge in [-0.25, -0.2) is 4.39 Å². The second kappa shape index (κ2) is 8.83. The van der Waals surface area contributed by atoms with Gasteiger partial charge < -0.3 is 9.84 Å². The molecule has 128 valence electrons. The van der Waals surface area contributed by atoms with Crippen molar-refractivity contribution in [3.05, 3.63) is 57.8 Å². The monoisotopic (exact) mass is 394 g/mol. The maximum Gasteiger partial charge on any atom is 0.161 e. The molecule has 0 unspecified atom stereocenters. The van der Waals surface area contributed by atoms with Crippen molar-refractivity contribution in [2.45, 2.75) is 38.7 Å². The molecule has 0 saturated heterocycles. The number of rotatable bonds is 3. The summed E-state index contributed by atoms with van der Waals surface area (Å²) in [5, 5.41) is 9.60. The minimum atomic E-state index is -0.208. The Morgan fingerprint density at radius 1 is 1.21 bits per heavy atom. The van der Waals surface area contributed by atoms with Gasteiger partial charge in [-0.2, -0.15) is 0 Å². The van der Waals surface area contributed by atoms with Crippen molar-refractivity contribution >= 4 is 22.2 Å². The van der Waals surface area contributed by atoms with E-state index >= 15 is 0 Å². The van der Waals surface area contributed by atoms with Crippen LogP contribution >= 0.6 is 15.9 Å². The molecule has 0 heterocycles. The van der Waals surface area contributed by atoms with Crippen molar-refractivity contribution in [3.63, 3.8) is 0 Å². The zero-order valence-corrected chi connectivity index (χ0v) is 15.1. The molecule has 1 aliphatic rings. The second-order valence-corrected chi connectivity index (χ2v) is 6.64. The largest absolute Gasteiger partial charge is 0.504 e. The number of ether oxygens (including phenoxy) is 1. The van der Waals surface area contributed by atoms with Crippen LogP contribution in [0.4, 0.5) is 4.39 Å². The zero-order valence-electron chi connectivity index (χ0n) is 13.5. The number of aromatic hydroxyl groups is 1. The Balaban J connectivity index is 0.000000198. The lowest BCUT2D eigenvalue weighted by atomic mass is 10.2. The summed E-state index contributed by atoms with van der Waals surface area (Å²) in [7, 11) is 0. The number of aldehydes is 1. The van der Waals surface area contributed by atoms with Crippen molar-refractivity contribution in [2.24, 2.45) is 0 Å². The Labute approximate surface area is 149 Å². The lowest BCUT2D eigenvalue weighted by Crippen LogP contribution is -2.10. The van der Waals surface area contributed by atoms with Gasteiger partial charge in [0.05, 0.1) is 10.6 Å². The molecule has 0 aromatic heterocycles. The van der Waals surface area contributed by atoms with E-state index in [1.54, 1.807) is 24.3 Å². The van der Waals surface area contributed by atoms with Crippen LogP contribution in [-0.4, -0.2) is 17.5 Å². The van der Waals surface area contributed by atoms with Crippen LogP contribution in [0.2, 0.25) is 0 Å². The number of carbonyl (C=O) groups is 1. The molecule has 1 N–H and O–H groups in total. The number of hydrogen-bond acceptors (Lipinski definition) is 3. The van der Waals surface area contributed by atoms with Crippen LogP contribution in [0.5, 0.6) is 11.5 Å². The van der Waals surface area contributed by atoms with Crippen molar-refractivity contribution in [1.29, 1.82) is 0 Å². The Bertz CT molecular complexity index is 697. The van der Waals surface area contributed by atoms with E-state index < -0.39 is 0 Å². The quantitative estimate of drug-likeness (QED) is 0.706. The SMILES string of the molecule is Cc1ccc(F)c(Br)c1.O=Cc1ccc(OC2CCCC2)c(O)c1. The summed E-state index contributed by atoms with van der Waals surface area (Å²) in [6.07, 6.45) is 5.41. The Morgan fingerprint density at radius 3 is 2.46 bits per heavy atom. The number of phenols is 1. The van der Waals surface area contributed by atoms with Crippen LogP contribution < -0.4 is 4.74 Å². The first-order chi connectivity index (χ1) is 11.5. The summed E-state index contributed by atoms with van der Waals surface area (Å²) in [4.78, 5) is 10.5. The number of aryl methyl sites for hydroxylation is 1. The molecule has 5 heteroatoms. The van der Waals surface area contributed by atoms with Crippen LogP contribution in [-0.2, 0) is 0 Å².